The number of hydrogen-bond donors (Lipinski definition) is 1. The Morgan fingerprint density at radius 3 is 2.68 bits per heavy atom. The van der Waals surface area contributed by atoms with E-state index in [4.69, 9.17) is 35.1 Å². The van der Waals surface area contributed by atoms with Gasteiger partial charge in [-0.15, -0.1) is 6.42 Å². The molecular formula is C40H42F2N6O5. The number of hydrogen-bond acceptors (Lipinski definition) is 11. The number of piperidine rings is 1. The number of fused-ring (bicyclic) bond motifs is 3. The third kappa shape index (κ3) is 6.17. The van der Waals surface area contributed by atoms with Gasteiger partial charge in [0.2, 0.25) is 5.88 Å². The Morgan fingerprint density at radius 2 is 1.89 bits per heavy atom. The summed E-state index contributed by atoms with van der Waals surface area (Å²) in [6.45, 7) is 8.18. The Labute approximate surface area is 306 Å². The van der Waals surface area contributed by atoms with Crippen LogP contribution < -0.4 is 14.4 Å². The maximum absolute atomic E-state index is 17.2. The van der Waals surface area contributed by atoms with Crippen LogP contribution in [0.2, 0.25) is 0 Å². The van der Waals surface area contributed by atoms with E-state index >= 15 is 8.78 Å². The van der Waals surface area contributed by atoms with Gasteiger partial charge in [-0.25, -0.2) is 13.8 Å². The average molecular weight is 725 g/mol. The minimum Gasteiger partial charge on any atom is -0.508 e. The van der Waals surface area contributed by atoms with Gasteiger partial charge in [-0.3, -0.25) is 4.90 Å². The van der Waals surface area contributed by atoms with Gasteiger partial charge in [-0.2, -0.15) is 9.97 Å². The molecule has 5 heterocycles. The fraction of sp³-hybridized carbons (Fsp3) is 0.450. The normalized spacial score (nSPS) is 20.8. The van der Waals surface area contributed by atoms with Crippen LogP contribution in [0, 0.1) is 43.2 Å². The van der Waals surface area contributed by atoms with Crippen LogP contribution in [0.15, 0.2) is 28.8 Å². The van der Waals surface area contributed by atoms with Crippen molar-refractivity contribution >= 4 is 27.5 Å². The maximum atomic E-state index is 17.2. The zero-order chi connectivity index (χ0) is 36.9. The third-order valence-corrected chi connectivity index (χ3v) is 11.3. The van der Waals surface area contributed by atoms with Gasteiger partial charge in [0, 0.05) is 54.2 Å². The molecule has 2 atom stereocenters. The molecule has 0 spiro atoms. The van der Waals surface area contributed by atoms with Crippen molar-refractivity contribution in [2.45, 2.75) is 65.0 Å². The van der Waals surface area contributed by atoms with E-state index in [1.54, 1.807) is 0 Å². The van der Waals surface area contributed by atoms with Crippen LogP contribution in [0.25, 0.3) is 32.9 Å². The minimum atomic E-state index is -0.806. The second kappa shape index (κ2) is 14.1. The third-order valence-electron chi connectivity index (χ3n) is 11.3. The van der Waals surface area contributed by atoms with Crippen LogP contribution in [0.4, 0.5) is 14.6 Å². The number of nitrogens with zero attached hydrogens (tertiary/aromatic N) is 6. The summed E-state index contributed by atoms with van der Waals surface area (Å²) in [7, 11) is 1.44. The number of aromatic hydroxyl groups is 1. The fourth-order valence-corrected chi connectivity index (χ4v) is 8.77. The summed E-state index contributed by atoms with van der Waals surface area (Å²) in [6, 6.07) is 5.78. The fourth-order valence-electron chi connectivity index (χ4n) is 8.77. The van der Waals surface area contributed by atoms with Crippen molar-refractivity contribution in [1.82, 2.24) is 25.0 Å². The molecule has 11 nitrogen and oxygen atoms in total. The van der Waals surface area contributed by atoms with Crippen molar-refractivity contribution in [3.05, 3.63) is 58.5 Å². The van der Waals surface area contributed by atoms with Crippen molar-refractivity contribution in [2.24, 2.45) is 5.41 Å². The molecule has 276 valence electrons. The van der Waals surface area contributed by atoms with Crippen LogP contribution in [-0.4, -0.2) is 82.7 Å². The SMILES string of the molecule is C#Cc1c(F)ccc2cc(O)cc(-c3nc(OC)c4c(N5CCCOCC5)nc(OC[C@]56CCC[C@H]5N(Cc5c(C)noc5C)CCC6)nc4c3F)c12. The summed E-state index contributed by atoms with van der Waals surface area (Å²) in [4.78, 5) is 18.8. The van der Waals surface area contributed by atoms with Crippen molar-refractivity contribution in [1.29, 1.82) is 0 Å². The first-order valence-electron chi connectivity index (χ1n) is 18.2. The molecule has 1 aliphatic carbocycles. The molecule has 53 heavy (non-hydrogen) atoms. The summed E-state index contributed by atoms with van der Waals surface area (Å²) >= 11 is 0. The summed E-state index contributed by atoms with van der Waals surface area (Å²) in [5, 5.41) is 15.8. The lowest BCUT2D eigenvalue weighted by Gasteiger charge is -2.46. The van der Waals surface area contributed by atoms with Crippen LogP contribution in [0.5, 0.6) is 17.6 Å². The quantitative estimate of drug-likeness (QED) is 0.169. The molecule has 2 aromatic carbocycles. The molecule has 2 aliphatic heterocycles. The first-order valence-corrected chi connectivity index (χ1v) is 18.2. The number of halogens is 2. The molecule has 2 saturated heterocycles. The molecule has 13 heteroatoms. The van der Waals surface area contributed by atoms with Gasteiger partial charge < -0.3 is 28.7 Å². The number of aryl methyl sites for hydroxylation is 2. The van der Waals surface area contributed by atoms with E-state index in [0.717, 1.165) is 68.6 Å². The highest BCUT2D eigenvalue weighted by Gasteiger charge is 2.49. The second-order valence-electron chi connectivity index (χ2n) is 14.4. The molecule has 0 unspecified atom stereocenters. The number of aromatic nitrogens is 4. The zero-order valence-electron chi connectivity index (χ0n) is 30.2. The molecule has 3 aromatic heterocycles. The van der Waals surface area contributed by atoms with E-state index in [0.29, 0.717) is 44.1 Å². The van der Waals surface area contributed by atoms with Crippen LogP contribution >= 0.6 is 0 Å². The Balaban J connectivity index is 1.24. The highest BCUT2D eigenvalue weighted by Crippen LogP contribution is 2.49. The lowest BCUT2D eigenvalue weighted by Crippen LogP contribution is -2.51. The Hall–Kier alpha value is -5.06. The Kier molecular flexibility index (Phi) is 9.28. The topological polar surface area (TPSA) is 119 Å². The molecule has 3 fully saturated rings. The van der Waals surface area contributed by atoms with Crippen LogP contribution in [0.1, 0.15) is 61.1 Å². The van der Waals surface area contributed by atoms with E-state index in [9.17, 15) is 5.11 Å². The maximum Gasteiger partial charge on any atom is 0.319 e. The minimum absolute atomic E-state index is 0.0368. The number of benzene rings is 2. The molecular weight excluding hydrogens is 682 g/mol. The smallest absolute Gasteiger partial charge is 0.319 e. The Morgan fingerprint density at radius 1 is 1.04 bits per heavy atom. The predicted molar refractivity (Wildman–Crippen MR) is 195 cm³/mol. The molecule has 0 radical (unpaired) electrons. The number of phenols is 1. The molecule has 1 N–H and O–H groups in total. The number of phenolic OH excluding ortho intramolecular Hbond substituents is 1. The van der Waals surface area contributed by atoms with Gasteiger partial charge in [0.05, 0.1) is 31.6 Å². The van der Waals surface area contributed by atoms with Gasteiger partial charge in [0.15, 0.2) is 5.82 Å². The second-order valence-corrected chi connectivity index (χ2v) is 14.4. The lowest BCUT2D eigenvalue weighted by atomic mass is 9.75. The van der Waals surface area contributed by atoms with E-state index < -0.39 is 11.6 Å². The summed E-state index contributed by atoms with van der Waals surface area (Å²) in [6.07, 6.45) is 11.6. The van der Waals surface area contributed by atoms with E-state index in [-0.39, 0.29) is 62.2 Å². The number of pyridine rings is 1. The zero-order valence-corrected chi connectivity index (χ0v) is 30.2. The Bertz CT molecular complexity index is 2230. The number of ether oxygens (including phenoxy) is 3. The molecule has 8 rings (SSSR count). The highest BCUT2D eigenvalue weighted by molar-refractivity contribution is 6.04. The van der Waals surface area contributed by atoms with E-state index in [2.05, 4.69) is 21.0 Å². The number of terminal acetylenes is 1. The predicted octanol–water partition coefficient (Wildman–Crippen LogP) is 6.86. The van der Waals surface area contributed by atoms with Gasteiger partial charge in [0.1, 0.15) is 39.7 Å². The molecule has 0 bridgehead atoms. The monoisotopic (exact) mass is 724 g/mol. The largest absolute Gasteiger partial charge is 0.508 e. The van der Waals surface area contributed by atoms with Crippen molar-refractivity contribution < 1.29 is 32.6 Å². The number of likely N-dealkylation sites (tertiary alicyclic amines) is 1. The van der Waals surface area contributed by atoms with Crippen LogP contribution in [0.3, 0.4) is 0 Å². The molecule has 3 aliphatic rings. The van der Waals surface area contributed by atoms with Crippen molar-refractivity contribution in [2.75, 3.05) is 51.5 Å². The van der Waals surface area contributed by atoms with E-state index in [1.807, 2.05) is 18.7 Å². The number of anilines is 1. The first kappa shape index (κ1) is 35.0. The van der Waals surface area contributed by atoms with Crippen LogP contribution in [-0.2, 0) is 11.3 Å². The average Bonchev–Trinajstić information content (AvgIpc) is 3.61. The highest BCUT2D eigenvalue weighted by atomic mass is 19.1. The summed E-state index contributed by atoms with van der Waals surface area (Å²) in [5.74, 6) is 2.10. The number of methoxy groups -OCH3 is 1. The lowest BCUT2D eigenvalue weighted by molar-refractivity contribution is -0.00478. The van der Waals surface area contributed by atoms with Gasteiger partial charge in [0.25, 0.3) is 0 Å². The van der Waals surface area contributed by atoms with Gasteiger partial charge in [-0.1, -0.05) is 23.6 Å². The van der Waals surface area contributed by atoms with Gasteiger partial charge in [-0.05, 0) is 76.1 Å². The number of rotatable bonds is 8. The molecule has 5 aromatic rings. The standard InChI is InChI=1S/C40H42F2N6O5/c1-5-27-30(41)11-10-25-19-26(49)20-28(32(25)27)35-34(42)36-33(38(43-35)50-4)37(47-15-8-17-51-18-16-47)45-39(44-36)52-22-40-12-6-9-31(40)48(14-7-13-40)21-29-23(2)46-53-24(29)3/h1,10-11,19-20,31,49H,6-9,12-18,21-22H2,2-4H3/t31-,40-/m1/s1. The summed E-state index contributed by atoms with van der Waals surface area (Å²) < 4.78 is 55.9. The molecule has 1 saturated carbocycles. The summed E-state index contributed by atoms with van der Waals surface area (Å²) in [5.41, 5.74) is 1.65. The van der Waals surface area contributed by atoms with E-state index in [1.165, 1.54) is 31.4 Å². The molecule has 0 amide bonds. The van der Waals surface area contributed by atoms with Gasteiger partial charge >= 0.3 is 6.01 Å². The van der Waals surface area contributed by atoms with Crippen molar-refractivity contribution in [3.63, 3.8) is 0 Å². The first-order chi connectivity index (χ1) is 25.7. The van der Waals surface area contributed by atoms with Crippen molar-refractivity contribution in [3.8, 4) is 41.2 Å².